The Morgan fingerprint density at radius 1 is 1.33 bits per heavy atom. The molecule has 0 radical (unpaired) electrons. The van der Waals surface area contributed by atoms with Crippen LogP contribution in [0.2, 0.25) is 0 Å². The molecule has 7 heteroatoms. The van der Waals surface area contributed by atoms with Gasteiger partial charge in [0.2, 0.25) is 5.88 Å². The van der Waals surface area contributed by atoms with E-state index >= 15 is 0 Å². The molecule has 3 heterocycles. The highest BCUT2D eigenvalue weighted by Gasteiger charge is 2.07. The fourth-order valence-electron chi connectivity index (χ4n) is 2.18. The third-order valence-corrected chi connectivity index (χ3v) is 4.06. The van der Waals surface area contributed by atoms with Crippen molar-refractivity contribution in [2.45, 2.75) is 13.5 Å². The van der Waals surface area contributed by atoms with Crippen molar-refractivity contribution in [3.05, 3.63) is 53.0 Å². The lowest BCUT2D eigenvalue weighted by molar-refractivity contribution is 0.0951. The largest absolute Gasteiger partial charge is 0.478 e. The minimum atomic E-state index is -0.157. The Balaban J connectivity index is 1.50. The average molecular weight is 342 g/mol. The molecular formula is C17H18N4O2S. The molecule has 124 valence electrons. The minimum Gasteiger partial charge on any atom is -0.478 e. The Morgan fingerprint density at radius 2 is 2.25 bits per heavy atom. The first-order chi connectivity index (χ1) is 11.8. The summed E-state index contributed by atoms with van der Waals surface area (Å²) in [5.74, 6) is 0.363. The van der Waals surface area contributed by atoms with Gasteiger partial charge in [0.1, 0.15) is 0 Å². The van der Waals surface area contributed by atoms with Crippen molar-refractivity contribution in [1.82, 2.24) is 20.1 Å². The topological polar surface area (TPSA) is 69.0 Å². The van der Waals surface area contributed by atoms with Gasteiger partial charge in [-0.25, -0.2) is 4.98 Å². The average Bonchev–Trinajstić information content (AvgIpc) is 3.27. The number of rotatable bonds is 7. The number of ether oxygens (including phenoxy) is 1. The third kappa shape index (κ3) is 3.99. The van der Waals surface area contributed by atoms with Gasteiger partial charge in [-0.2, -0.15) is 16.4 Å². The summed E-state index contributed by atoms with van der Waals surface area (Å²) >= 11 is 1.65. The summed E-state index contributed by atoms with van der Waals surface area (Å²) in [5.41, 5.74) is 2.57. The second kappa shape index (κ2) is 7.74. The summed E-state index contributed by atoms with van der Waals surface area (Å²) in [7, 11) is 0. The van der Waals surface area contributed by atoms with Crippen LogP contribution in [0.1, 0.15) is 17.3 Å². The minimum absolute atomic E-state index is 0.157. The number of hydrogen-bond donors (Lipinski definition) is 1. The molecule has 0 saturated heterocycles. The molecule has 0 aliphatic carbocycles. The summed E-state index contributed by atoms with van der Waals surface area (Å²) < 4.78 is 7.08. The van der Waals surface area contributed by atoms with Crippen molar-refractivity contribution in [3.63, 3.8) is 0 Å². The Bertz CT molecular complexity index is 781. The first-order valence-corrected chi connectivity index (χ1v) is 8.63. The van der Waals surface area contributed by atoms with E-state index < -0.39 is 0 Å². The molecule has 3 aromatic heterocycles. The Labute approximate surface area is 144 Å². The third-order valence-electron chi connectivity index (χ3n) is 3.37. The number of aromatic nitrogens is 3. The molecule has 1 N–H and O–H groups in total. The standard InChI is InChI=1S/C17H18N4O2S/c1-2-23-16-4-3-13(11-19-16)17(22)18-7-9-21-8-5-15(20-21)14-6-10-24-12-14/h3-6,8,10-12H,2,7,9H2,1H3,(H,18,22). The predicted molar refractivity (Wildman–Crippen MR) is 93.3 cm³/mol. The van der Waals surface area contributed by atoms with Gasteiger partial charge >= 0.3 is 0 Å². The van der Waals surface area contributed by atoms with Crippen LogP contribution < -0.4 is 10.1 Å². The van der Waals surface area contributed by atoms with Crippen LogP contribution in [0.25, 0.3) is 11.3 Å². The van der Waals surface area contributed by atoms with Crippen molar-refractivity contribution in [2.75, 3.05) is 13.2 Å². The maximum Gasteiger partial charge on any atom is 0.252 e. The molecule has 0 aliphatic rings. The van der Waals surface area contributed by atoms with Gasteiger partial charge in [0.25, 0.3) is 5.91 Å². The number of amides is 1. The van der Waals surface area contributed by atoms with Crippen molar-refractivity contribution in [1.29, 1.82) is 0 Å². The molecule has 24 heavy (non-hydrogen) atoms. The van der Waals surface area contributed by atoms with Gasteiger partial charge < -0.3 is 10.1 Å². The Hall–Kier alpha value is -2.67. The molecule has 1 amide bonds. The van der Waals surface area contributed by atoms with Gasteiger partial charge in [0.05, 0.1) is 24.4 Å². The highest BCUT2D eigenvalue weighted by atomic mass is 32.1. The fraction of sp³-hybridized carbons (Fsp3) is 0.235. The van der Waals surface area contributed by atoms with Crippen molar-refractivity contribution < 1.29 is 9.53 Å². The number of nitrogens with zero attached hydrogens (tertiary/aromatic N) is 3. The molecule has 0 unspecified atom stereocenters. The van der Waals surface area contributed by atoms with Gasteiger partial charge in [0.15, 0.2) is 0 Å². The highest BCUT2D eigenvalue weighted by Crippen LogP contribution is 2.19. The number of nitrogens with one attached hydrogen (secondary N) is 1. The summed E-state index contributed by atoms with van der Waals surface area (Å²) in [4.78, 5) is 16.2. The monoisotopic (exact) mass is 342 g/mol. The zero-order valence-electron chi connectivity index (χ0n) is 13.3. The Morgan fingerprint density at radius 3 is 2.96 bits per heavy atom. The molecule has 3 aromatic rings. The van der Waals surface area contributed by atoms with E-state index in [1.165, 1.54) is 6.20 Å². The maximum absolute atomic E-state index is 12.1. The molecule has 6 nitrogen and oxygen atoms in total. The van der Waals surface area contributed by atoms with Gasteiger partial charge in [-0.3, -0.25) is 9.48 Å². The summed E-state index contributed by atoms with van der Waals surface area (Å²) in [6.45, 7) is 3.55. The van der Waals surface area contributed by atoms with Crippen LogP contribution in [0.3, 0.4) is 0 Å². The summed E-state index contributed by atoms with van der Waals surface area (Å²) in [6, 6.07) is 7.41. The highest BCUT2D eigenvalue weighted by molar-refractivity contribution is 7.08. The van der Waals surface area contributed by atoms with Crippen LogP contribution in [0.15, 0.2) is 47.4 Å². The van der Waals surface area contributed by atoms with E-state index in [0.29, 0.717) is 31.1 Å². The predicted octanol–water partition coefficient (Wildman–Crippen LogP) is 2.84. The van der Waals surface area contributed by atoms with Crippen molar-refractivity contribution in [3.8, 4) is 17.1 Å². The van der Waals surface area contributed by atoms with E-state index in [-0.39, 0.29) is 5.91 Å². The molecule has 0 aliphatic heterocycles. The zero-order chi connectivity index (χ0) is 16.8. The van der Waals surface area contributed by atoms with Crippen molar-refractivity contribution >= 4 is 17.2 Å². The van der Waals surface area contributed by atoms with Crippen LogP contribution in [0.4, 0.5) is 0 Å². The lowest BCUT2D eigenvalue weighted by Crippen LogP contribution is -2.27. The SMILES string of the molecule is CCOc1ccc(C(=O)NCCn2ccc(-c3ccsc3)n2)cn1. The van der Waals surface area contributed by atoms with E-state index in [2.05, 4.69) is 20.8 Å². The van der Waals surface area contributed by atoms with Crippen LogP contribution >= 0.6 is 11.3 Å². The lowest BCUT2D eigenvalue weighted by Gasteiger charge is -2.06. The van der Waals surface area contributed by atoms with E-state index in [1.807, 2.05) is 35.3 Å². The first-order valence-electron chi connectivity index (χ1n) is 7.69. The van der Waals surface area contributed by atoms with Gasteiger partial charge in [-0.15, -0.1) is 0 Å². The maximum atomic E-state index is 12.1. The van der Waals surface area contributed by atoms with Crippen LogP contribution in [0.5, 0.6) is 5.88 Å². The van der Waals surface area contributed by atoms with Gasteiger partial charge in [0, 0.05) is 35.9 Å². The molecule has 0 aromatic carbocycles. The fourth-order valence-corrected chi connectivity index (χ4v) is 2.83. The smallest absolute Gasteiger partial charge is 0.252 e. The number of thiophene rings is 1. The summed E-state index contributed by atoms with van der Waals surface area (Å²) in [6.07, 6.45) is 3.43. The molecule has 0 saturated carbocycles. The van der Waals surface area contributed by atoms with Crippen LogP contribution in [0, 0.1) is 0 Å². The Kier molecular flexibility index (Phi) is 5.22. The normalized spacial score (nSPS) is 10.5. The summed E-state index contributed by atoms with van der Waals surface area (Å²) in [5, 5.41) is 11.5. The van der Waals surface area contributed by atoms with Gasteiger partial charge in [-0.05, 0) is 30.5 Å². The molecular weight excluding hydrogens is 324 g/mol. The van der Waals surface area contributed by atoms with Crippen LogP contribution in [-0.2, 0) is 6.54 Å². The van der Waals surface area contributed by atoms with E-state index in [9.17, 15) is 4.79 Å². The van der Waals surface area contributed by atoms with Crippen LogP contribution in [-0.4, -0.2) is 33.8 Å². The molecule has 0 atom stereocenters. The molecule has 3 rings (SSSR count). The number of carbonyl (C=O) groups excluding carboxylic acids is 1. The van der Waals surface area contributed by atoms with E-state index in [0.717, 1.165) is 11.3 Å². The second-order valence-electron chi connectivity index (χ2n) is 5.05. The van der Waals surface area contributed by atoms with E-state index in [1.54, 1.807) is 23.5 Å². The van der Waals surface area contributed by atoms with E-state index in [4.69, 9.17) is 4.74 Å². The second-order valence-corrected chi connectivity index (χ2v) is 5.83. The molecule has 0 fully saturated rings. The lowest BCUT2D eigenvalue weighted by atomic mass is 10.2. The molecule has 0 spiro atoms. The number of carbonyl (C=O) groups is 1. The zero-order valence-corrected chi connectivity index (χ0v) is 14.1. The first kappa shape index (κ1) is 16.2. The molecule has 0 bridgehead atoms. The quantitative estimate of drug-likeness (QED) is 0.717. The number of pyridine rings is 1. The van der Waals surface area contributed by atoms with Gasteiger partial charge in [-0.1, -0.05) is 0 Å². The number of hydrogen-bond acceptors (Lipinski definition) is 5. The van der Waals surface area contributed by atoms with Crippen molar-refractivity contribution in [2.24, 2.45) is 0 Å².